The van der Waals surface area contributed by atoms with Crippen LogP contribution in [0.25, 0.3) is 11.5 Å². The van der Waals surface area contributed by atoms with Gasteiger partial charge in [0.05, 0.1) is 17.1 Å². The minimum atomic E-state index is -0.570. The largest absolute Gasteiger partial charge is 0.490 e. The molecule has 3 aliphatic rings. The molecule has 0 spiro atoms. The number of nitrogens with two attached hydrogens (primary N) is 1. The predicted octanol–water partition coefficient (Wildman–Crippen LogP) is 3.56. The van der Waals surface area contributed by atoms with Crippen LogP contribution >= 0.6 is 11.3 Å². The van der Waals surface area contributed by atoms with E-state index in [1.807, 2.05) is 6.07 Å². The highest BCUT2D eigenvalue weighted by molar-refractivity contribution is 7.16. The number of ether oxygens (including phenoxy) is 1. The van der Waals surface area contributed by atoms with Gasteiger partial charge in [0.1, 0.15) is 28.3 Å². The number of likely N-dealkylation sites (N-methyl/N-ethyl adjacent to an activating group) is 1. The van der Waals surface area contributed by atoms with E-state index in [1.165, 1.54) is 11.3 Å². The van der Waals surface area contributed by atoms with Gasteiger partial charge in [0.2, 0.25) is 11.7 Å². The average molecular weight is 549 g/mol. The van der Waals surface area contributed by atoms with Crippen molar-refractivity contribution in [1.29, 1.82) is 5.26 Å². The zero-order valence-electron chi connectivity index (χ0n) is 22.7. The van der Waals surface area contributed by atoms with E-state index in [9.17, 15) is 5.26 Å². The second kappa shape index (κ2) is 10.8. The number of nitrogens with one attached hydrogen (secondary N) is 1. The number of fused-ring (bicyclic) bond motifs is 1. The summed E-state index contributed by atoms with van der Waals surface area (Å²) < 4.78 is 12.4. The maximum Gasteiger partial charge on any atom is 0.237 e. The number of rotatable bonds is 5. The topological polar surface area (TPSA) is 129 Å². The second-order valence-corrected chi connectivity index (χ2v) is 12.3. The van der Waals surface area contributed by atoms with E-state index in [0.29, 0.717) is 28.0 Å². The molecular formula is C28H36N8O2S. The number of aromatic nitrogens is 3. The van der Waals surface area contributed by atoms with Crippen LogP contribution in [0.15, 0.2) is 16.7 Å². The molecule has 3 aromatic rings. The average Bonchev–Trinajstić information content (AvgIpc) is 3.48. The molecule has 39 heavy (non-hydrogen) atoms. The lowest BCUT2D eigenvalue weighted by atomic mass is 9.72. The highest BCUT2D eigenvalue weighted by atomic mass is 32.1. The maximum absolute atomic E-state index is 9.85. The predicted molar refractivity (Wildman–Crippen MR) is 151 cm³/mol. The van der Waals surface area contributed by atoms with Crippen molar-refractivity contribution < 1.29 is 9.26 Å². The fraction of sp³-hybridized carbons (Fsp3) is 0.571. The number of hydrogen-bond acceptors (Lipinski definition) is 11. The van der Waals surface area contributed by atoms with E-state index < -0.39 is 5.41 Å². The number of nitrogens with zero attached hydrogens (tertiary/aromatic N) is 6. The van der Waals surface area contributed by atoms with Gasteiger partial charge in [-0.05, 0) is 65.6 Å². The van der Waals surface area contributed by atoms with Crippen LogP contribution in [0.3, 0.4) is 0 Å². The third-order valence-electron chi connectivity index (χ3n) is 8.32. The Morgan fingerprint density at radius 3 is 2.85 bits per heavy atom. The lowest BCUT2D eigenvalue weighted by Crippen LogP contribution is -2.44. The number of nitrogen functional groups attached to an aromatic ring is 1. The molecule has 0 radical (unpaired) electrons. The smallest absolute Gasteiger partial charge is 0.237 e. The molecule has 2 unspecified atom stereocenters. The van der Waals surface area contributed by atoms with Crippen LogP contribution in [0.4, 0.5) is 10.8 Å². The summed E-state index contributed by atoms with van der Waals surface area (Å²) in [7, 11) is 2.15. The molecule has 0 saturated carbocycles. The SMILES string of the molecule is CN1CCN(c2cc(OC3CCCNCC3)cc(-c3noc(C4(C)CCCc5sc(N)c(C#N)c54)n3)n2)CC1. The van der Waals surface area contributed by atoms with E-state index in [4.69, 9.17) is 25.0 Å². The van der Waals surface area contributed by atoms with Gasteiger partial charge in [0, 0.05) is 48.8 Å². The molecule has 1 aliphatic carbocycles. The third-order valence-corrected chi connectivity index (χ3v) is 9.40. The van der Waals surface area contributed by atoms with Crippen LogP contribution in [0, 0.1) is 11.3 Å². The number of thiophene rings is 1. The summed E-state index contributed by atoms with van der Waals surface area (Å²) in [4.78, 5) is 15.6. The van der Waals surface area contributed by atoms with E-state index in [0.717, 1.165) is 99.8 Å². The van der Waals surface area contributed by atoms with Crippen LogP contribution in [0.2, 0.25) is 0 Å². The van der Waals surface area contributed by atoms with Crippen LogP contribution in [0.1, 0.15) is 60.9 Å². The second-order valence-electron chi connectivity index (χ2n) is 11.1. The lowest BCUT2D eigenvalue weighted by molar-refractivity contribution is 0.187. The molecule has 2 saturated heterocycles. The van der Waals surface area contributed by atoms with Gasteiger partial charge in [-0.1, -0.05) is 5.16 Å². The summed E-state index contributed by atoms with van der Waals surface area (Å²) >= 11 is 1.50. The summed E-state index contributed by atoms with van der Waals surface area (Å²) in [6.45, 7) is 7.83. The molecule has 0 aromatic carbocycles. The Morgan fingerprint density at radius 1 is 1.18 bits per heavy atom. The number of anilines is 2. The Balaban J connectivity index is 1.36. The summed E-state index contributed by atoms with van der Waals surface area (Å²) in [5.74, 6) is 2.59. The van der Waals surface area contributed by atoms with Crippen molar-refractivity contribution in [2.45, 2.75) is 57.0 Å². The Hall–Kier alpha value is -3.20. The Morgan fingerprint density at radius 2 is 2.03 bits per heavy atom. The zero-order valence-corrected chi connectivity index (χ0v) is 23.5. The Labute approximate surface area is 233 Å². The first kappa shape index (κ1) is 26.0. The van der Waals surface area contributed by atoms with Crippen molar-refractivity contribution in [3.63, 3.8) is 0 Å². The highest BCUT2D eigenvalue weighted by Gasteiger charge is 2.43. The molecular weight excluding hydrogens is 512 g/mol. The number of piperazine rings is 1. The van der Waals surface area contributed by atoms with Gasteiger partial charge < -0.3 is 30.1 Å². The fourth-order valence-corrected chi connectivity index (χ4v) is 7.22. The van der Waals surface area contributed by atoms with Crippen molar-refractivity contribution in [3.05, 3.63) is 34.0 Å². The minimum Gasteiger partial charge on any atom is -0.490 e. The quantitative estimate of drug-likeness (QED) is 0.488. The number of pyridine rings is 1. The standard InChI is InChI=1S/C28H36N8O2S/c1-28(8-3-6-22-24(28)20(17-29)25(30)39-22)27-33-26(34-38-27)21-15-19(37-18-5-4-9-31-10-7-18)16-23(32-21)36-13-11-35(2)12-14-36/h15-16,18,31H,3-14,30H2,1-2H3. The highest BCUT2D eigenvalue weighted by Crippen LogP contribution is 2.48. The van der Waals surface area contributed by atoms with Crippen LogP contribution < -0.4 is 20.7 Å². The lowest BCUT2D eigenvalue weighted by Gasteiger charge is -2.33. The van der Waals surface area contributed by atoms with Gasteiger partial charge in [0.25, 0.3) is 0 Å². The van der Waals surface area contributed by atoms with Crippen molar-refractivity contribution in [3.8, 4) is 23.3 Å². The van der Waals surface area contributed by atoms with Crippen LogP contribution in [-0.4, -0.2) is 72.4 Å². The van der Waals surface area contributed by atoms with Crippen LogP contribution in [-0.2, 0) is 11.8 Å². The molecule has 11 heteroatoms. The van der Waals surface area contributed by atoms with Crippen molar-refractivity contribution in [2.75, 3.05) is 56.9 Å². The number of hydrogen-bond donors (Lipinski definition) is 2. The molecule has 10 nitrogen and oxygen atoms in total. The van der Waals surface area contributed by atoms with Gasteiger partial charge in [0.15, 0.2) is 0 Å². The van der Waals surface area contributed by atoms with E-state index in [-0.39, 0.29) is 6.10 Å². The Bertz CT molecular complexity index is 1360. The van der Waals surface area contributed by atoms with Crippen LogP contribution in [0.5, 0.6) is 5.75 Å². The first-order valence-electron chi connectivity index (χ1n) is 13.9. The third kappa shape index (κ3) is 5.09. The van der Waals surface area contributed by atoms with Crippen molar-refractivity contribution in [1.82, 2.24) is 25.3 Å². The minimum absolute atomic E-state index is 0.157. The molecule has 5 heterocycles. The monoisotopic (exact) mass is 548 g/mol. The Kier molecular flexibility index (Phi) is 7.18. The first-order valence-corrected chi connectivity index (χ1v) is 14.8. The molecule has 206 valence electrons. The van der Waals surface area contributed by atoms with Gasteiger partial charge in [-0.15, -0.1) is 11.3 Å². The van der Waals surface area contributed by atoms with Gasteiger partial charge in [-0.3, -0.25) is 0 Å². The molecule has 3 N–H and O–H groups in total. The molecule has 2 fully saturated rings. The summed E-state index contributed by atoms with van der Waals surface area (Å²) in [5.41, 5.74) is 7.77. The molecule has 2 atom stereocenters. The van der Waals surface area contributed by atoms with Gasteiger partial charge in [-0.25, -0.2) is 4.98 Å². The summed E-state index contributed by atoms with van der Waals surface area (Å²) in [6, 6.07) is 6.30. The maximum atomic E-state index is 9.85. The van der Waals surface area contributed by atoms with Gasteiger partial charge in [-0.2, -0.15) is 10.2 Å². The first-order chi connectivity index (χ1) is 18.9. The molecule has 2 aliphatic heterocycles. The normalized spacial score (nSPS) is 24.1. The summed E-state index contributed by atoms with van der Waals surface area (Å²) in [6.07, 6.45) is 5.94. The molecule has 0 bridgehead atoms. The fourth-order valence-electron chi connectivity index (χ4n) is 6.03. The number of aryl methyl sites for hydroxylation is 1. The van der Waals surface area contributed by atoms with E-state index in [2.05, 4.69) is 46.4 Å². The van der Waals surface area contributed by atoms with Gasteiger partial charge >= 0.3 is 0 Å². The molecule has 6 rings (SSSR count). The number of nitriles is 1. The van der Waals surface area contributed by atoms with E-state index >= 15 is 0 Å². The zero-order chi connectivity index (χ0) is 27.0. The van der Waals surface area contributed by atoms with Crippen molar-refractivity contribution in [2.24, 2.45) is 0 Å². The van der Waals surface area contributed by atoms with E-state index in [1.54, 1.807) is 0 Å². The summed E-state index contributed by atoms with van der Waals surface area (Å²) in [5, 5.41) is 18.3. The molecule has 3 aromatic heterocycles. The molecule has 0 amide bonds. The van der Waals surface area contributed by atoms with Crippen molar-refractivity contribution >= 4 is 22.2 Å².